The molecule has 0 spiro atoms. The summed E-state index contributed by atoms with van der Waals surface area (Å²) in [4.78, 5) is 13.7. The molecule has 6 nitrogen and oxygen atoms in total. The van der Waals surface area contributed by atoms with Crippen molar-refractivity contribution in [2.75, 3.05) is 31.1 Å². The van der Waals surface area contributed by atoms with Gasteiger partial charge in [0.05, 0.1) is 24.6 Å². The Bertz CT molecular complexity index is 462. The lowest BCUT2D eigenvalue weighted by Gasteiger charge is -2.34. The third-order valence-electron chi connectivity index (χ3n) is 2.80. The van der Waals surface area contributed by atoms with Gasteiger partial charge in [-0.2, -0.15) is 5.10 Å². The first kappa shape index (κ1) is 12.3. The fraction of sp³-hybridized carbons (Fsp3) is 0.600. The summed E-state index contributed by atoms with van der Waals surface area (Å²) in [7, 11) is 1.57. The van der Waals surface area contributed by atoms with Crippen molar-refractivity contribution in [3.8, 4) is 0 Å². The lowest BCUT2D eigenvalue weighted by atomic mass is 10.2. The second kappa shape index (κ2) is 5.03. The van der Waals surface area contributed by atoms with Crippen molar-refractivity contribution in [2.24, 2.45) is 12.8 Å². The number of morpholine rings is 1. The van der Waals surface area contributed by atoms with Crippen LogP contribution in [0.5, 0.6) is 0 Å². The summed E-state index contributed by atoms with van der Waals surface area (Å²) in [5.41, 5.74) is 5.93. The first-order valence-electron chi connectivity index (χ1n) is 5.42. The first-order valence-corrected chi connectivity index (χ1v) is 5.79. The quantitative estimate of drug-likeness (QED) is 0.781. The molecule has 2 N–H and O–H groups in total. The van der Waals surface area contributed by atoms with E-state index in [1.807, 2.05) is 4.90 Å². The number of nitrogens with two attached hydrogens (primary N) is 1. The summed E-state index contributed by atoms with van der Waals surface area (Å²) < 4.78 is 6.67. The van der Waals surface area contributed by atoms with E-state index in [-0.39, 0.29) is 16.7 Å². The predicted molar refractivity (Wildman–Crippen MR) is 65.5 cm³/mol. The zero-order valence-electron chi connectivity index (χ0n) is 9.60. The Morgan fingerprint density at radius 2 is 2.47 bits per heavy atom. The molecule has 1 saturated heterocycles. The molecule has 0 aromatic carbocycles. The van der Waals surface area contributed by atoms with Gasteiger partial charge in [0.2, 0.25) is 0 Å². The zero-order chi connectivity index (χ0) is 12.4. The van der Waals surface area contributed by atoms with E-state index in [4.69, 9.17) is 22.1 Å². The molecule has 94 valence electrons. The van der Waals surface area contributed by atoms with E-state index in [1.165, 1.54) is 4.68 Å². The molecule has 17 heavy (non-hydrogen) atoms. The predicted octanol–water partition coefficient (Wildman–Crippen LogP) is -0.402. The molecule has 1 atom stereocenters. The Morgan fingerprint density at radius 1 is 1.71 bits per heavy atom. The fourth-order valence-electron chi connectivity index (χ4n) is 1.80. The van der Waals surface area contributed by atoms with Crippen LogP contribution in [0.1, 0.15) is 0 Å². The second-order valence-electron chi connectivity index (χ2n) is 3.95. The van der Waals surface area contributed by atoms with Gasteiger partial charge in [-0.25, -0.2) is 4.68 Å². The van der Waals surface area contributed by atoms with Gasteiger partial charge in [0, 0.05) is 26.7 Å². The Hall–Kier alpha value is -1.11. The third-order valence-corrected chi connectivity index (χ3v) is 3.16. The van der Waals surface area contributed by atoms with Crippen molar-refractivity contribution in [1.29, 1.82) is 0 Å². The molecular weight excluding hydrogens is 244 g/mol. The Balaban J connectivity index is 2.28. The average molecular weight is 259 g/mol. The molecule has 1 aliphatic heterocycles. The normalized spacial score (nSPS) is 20.6. The van der Waals surface area contributed by atoms with E-state index in [2.05, 4.69) is 5.10 Å². The second-order valence-corrected chi connectivity index (χ2v) is 4.33. The smallest absolute Gasteiger partial charge is 0.287 e. The largest absolute Gasteiger partial charge is 0.373 e. The highest BCUT2D eigenvalue weighted by Crippen LogP contribution is 2.22. The summed E-state index contributed by atoms with van der Waals surface area (Å²) in [6.07, 6.45) is 1.58. The average Bonchev–Trinajstić information content (AvgIpc) is 2.36. The van der Waals surface area contributed by atoms with Crippen molar-refractivity contribution in [2.45, 2.75) is 6.10 Å². The summed E-state index contributed by atoms with van der Waals surface area (Å²) in [6.45, 7) is 2.34. The molecule has 1 aliphatic rings. The molecule has 0 radical (unpaired) electrons. The van der Waals surface area contributed by atoms with Gasteiger partial charge < -0.3 is 15.4 Å². The lowest BCUT2D eigenvalue weighted by Crippen LogP contribution is -2.46. The molecule has 0 saturated carbocycles. The highest BCUT2D eigenvalue weighted by atomic mass is 35.5. The Morgan fingerprint density at radius 3 is 3.18 bits per heavy atom. The zero-order valence-corrected chi connectivity index (χ0v) is 10.4. The molecule has 1 aromatic heterocycles. The minimum Gasteiger partial charge on any atom is -0.373 e. The summed E-state index contributed by atoms with van der Waals surface area (Å²) in [5, 5.41) is 4.17. The Kier molecular flexibility index (Phi) is 3.66. The monoisotopic (exact) mass is 258 g/mol. The minimum atomic E-state index is -0.292. The highest BCUT2D eigenvalue weighted by Gasteiger charge is 2.22. The van der Waals surface area contributed by atoms with Gasteiger partial charge in [-0.15, -0.1) is 0 Å². The number of halogens is 1. The van der Waals surface area contributed by atoms with E-state index >= 15 is 0 Å². The fourth-order valence-corrected chi connectivity index (χ4v) is 2.09. The SMILES string of the molecule is Cn1ncc(N2CCOC(CN)C2)c(Cl)c1=O. The first-order chi connectivity index (χ1) is 8.13. The van der Waals surface area contributed by atoms with Gasteiger partial charge in [-0.3, -0.25) is 4.79 Å². The molecule has 0 aliphatic carbocycles. The van der Waals surface area contributed by atoms with Gasteiger partial charge in [0.15, 0.2) is 0 Å². The van der Waals surface area contributed by atoms with Gasteiger partial charge in [0.1, 0.15) is 5.02 Å². The number of aromatic nitrogens is 2. The number of ether oxygens (including phenoxy) is 1. The van der Waals surface area contributed by atoms with Crippen LogP contribution in [0.25, 0.3) is 0 Å². The number of hydrogen-bond acceptors (Lipinski definition) is 5. The summed E-state index contributed by atoms with van der Waals surface area (Å²) in [5.74, 6) is 0. The highest BCUT2D eigenvalue weighted by molar-refractivity contribution is 6.33. The number of hydrogen-bond donors (Lipinski definition) is 1. The van der Waals surface area contributed by atoms with Gasteiger partial charge in [-0.1, -0.05) is 11.6 Å². The molecule has 1 aromatic rings. The molecular formula is C10H15ClN4O2. The number of rotatable bonds is 2. The van der Waals surface area contributed by atoms with Crippen LogP contribution < -0.4 is 16.2 Å². The third kappa shape index (κ3) is 2.43. The summed E-state index contributed by atoms with van der Waals surface area (Å²) >= 11 is 6.04. The van der Waals surface area contributed by atoms with Crippen molar-refractivity contribution < 1.29 is 4.74 Å². The van der Waals surface area contributed by atoms with Gasteiger partial charge in [0.25, 0.3) is 5.56 Å². The maximum atomic E-state index is 11.7. The standard InChI is InChI=1S/C10H15ClN4O2/c1-14-10(16)9(11)8(5-13-14)15-2-3-17-7(4-12)6-15/h5,7H,2-4,6,12H2,1H3. The van der Waals surface area contributed by atoms with E-state index in [9.17, 15) is 4.79 Å². The topological polar surface area (TPSA) is 73.4 Å². The van der Waals surface area contributed by atoms with Gasteiger partial charge in [-0.05, 0) is 0 Å². The molecule has 1 unspecified atom stereocenters. The molecule has 0 bridgehead atoms. The van der Waals surface area contributed by atoms with E-state index in [0.717, 1.165) is 0 Å². The molecule has 7 heteroatoms. The molecule has 2 heterocycles. The van der Waals surface area contributed by atoms with E-state index < -0.39 is 0 Å². The number of nitrogens with zero attached hydrogens (tertiary/aromatic N) is 3. The maximum Gasteiger partial charge on any atom is 0.287 e. The van der Waals surface area contributed by atoms with E-state index in [0.29, 0.717) is 31.9 Å². The van der Waals surface area contributed by atoms with Crippen LogP contribution in [-0.4, -0.2) is 42.1 Å². The van der Waals surface area contributed by atoms with E-state index in [1.54, 1.807) is 13.2 Å². The molecule has 0 amide bonds. The van der Waals surface area contributed by atoms with Crippen LogP contribution in [0.4, 0.5) is 5.69 Å². The molecule has 2 rings (SSSR count). The van der Waals surface area contributed by atoms with Crippen LogP contribution in [0.15, 0.2) is 11.0 Å². The van der Waals surface area contributed by atoms with Crippen LogP contribution in [0.3, 0.4) is 0 Å². The van der Waals surface area contributed by atoms with Crippen molar-refractivity contribution >= 4 is 17.3 Å². The number of aryl methyl sites for hydroxylation is 1. The van der Waals surface area contributed by atoms with Gasteiger partial charge >= 0.3 is 0 Å². The Labute approximate surface area is 104 Å². The van der Waals surface area contributed by atoms with Crippen molar-refractivity contribution in [3.05, 3.63) is 21.6 Å². The summed E-state index contributed by atoms with van der Waals surface area (Å²) in [6, 6.07) is 0. The van der Waals surface area contributed by atoms with Crippen LogP contribution in [0.2, 0.25) is 5.02 Å². The van der Waals surface area contributed by atoms with Crippen molar-refractivity contribution in [3.63, 3.8) is 0 Å². The molecule has 1 fully saturated rings. The van der Waals surface area contributed by atoms with Crippen LogP contribution in [0, 0.1) is 0 Å². The van der Waals surface area contributed by atoms with Crippen LogP contribution in [-0.2, 0) is 11.8 Å². The van der Waals surface area contributed by atoms with Crippen LogP contribution >= 0.6 is 11.6 Å². The van der Waals surface area contributed by atoms with Crippen molar-refractivity contribution in [1.82, 2.24) is 9.78 Å². The number of anilines is 1. The minimum absolute atomic E-state index is 0.0242. The maximum absolute atomic E-state index is 11.7. The lowest BCUT2D eigenvalue weighted by molar-refractivity contribution is 0.0465.